The molecule has 0 atom stereocenters. The maximum atomic E-state index is 12.8. The molecule has 3 aromatic heterocycles. The quantitative estimate of drug-likeness (QED) is 0.559. The molecular formula is C22H18N6O2. The molecule has 8 nitrogen and oxygen atoms in total. The largest absolute Gasteiger partial charge is 0.424 e. The molecule has 0 amide bonds. The van der Waals surface area contributed by atoms with E-state index >= 15 is 0 Å². The van der Waals surface area contributed by atoms with Crippen LogP contribution in [-0.2, 0) is 0 Å². The highest BCUT2D eigenvalue weighted by atomic mass is 16.5. The van der Waals surface area contributed by atoms with E-state index in [2.05, 4.69) is 26.0 Å². The molecule has 0 bridgehead atoms. The Balaban J connectivity index is 1.66. The second-order valence-corrected chi connectivity index (χ2v) is 7.25. The second kappa shape index (κ2) is 7.44. The van der Waals surface area contributed by atoms with E-state index in [0.29, 0.717) is 28.3 Å². The highest BCUT2D eigenvalue weighted by molar-refractivity contribution is 5.82. The molecule has 0 saturated heterocycles. The van der Waals surface area contributed by atoms with Crippen LogP contribution in [0.4, 0.5) is 0 Å². The molecule has 0 unspecified atom stereocenters. The third kappa shape index (κ3) is 3.10. The first-order valence-corrected chi connectivity index (χ1v) is 9.84. The van der Waals surface area contributed by atoms with Crippen molar-refractivity contribution in [2.75, 3.05) is 0 Å². The number of hydrogen-bond donors (Lipinski definition) is 1. The summed E-state index contributed by atoms with van der Waals surface area (Å²) in [4.78, 5) is 28.9. The lowest BCUT2D eigenvalue weighted by Crippen LogP contribution is -2.20. The third-order valence-corrected chi connectivity index (χ3v) is 5.41. The van der Waals surface area contributed by atoms with Crippen LogP contribution in [0.5, 0.6) is 11.8 Å². The fourth-order valence-electron chi connectivity index (χ4n) is 4.05. The van der Waals surface area contributed by atoms with Crippen molar-refractivity contribution in [1.29, 1.82) is 5.26 Å². The monoisotopic (exact) mass is 398 g/mol. The number of rotatable bonds is 4. The summed E-state index contributed by atoms with van der Waals surface area (Å²) in [5.74, 6) is 1.19. The highest BCUT2D eigenvalue weighted by Gasteiger charge is 2.26. The minimum Gasteiger partial charge on any atom is -0.424 e. The number of aromatic nitrogens is 5. The van der Waals surface area contributed by atoms with Gasteiger partial charge in [0.15, 0.2) is 5.65 Å². The minimum absolute atomic E-state index is 0.112. The lowest BCUT2D eigenvalue weighted by atomic mass is 10.0. The van der Waals surface area contributed by atoms with Gasteiger partial charge in [-0.3, -0.25) is 9.36 Å². The number of H-pyrrole nitrogens is 1. The van der Waals surface area contributed by atoms with Crippen LogP contribution in [-0.4, -0.2) is 24.5 Å². The molecule has 1 aliphatic carbocycles. The molecule has 1 aromatic carbocycles. The summed E-state index contributed by atoms with van der Waals surface area (Å²) in [5, 5.41) is 9.91. The van der Waals surface area contributed by atoms with Crippen molar-refractivity contribution in [3.8, 4) is 23.6 Å². The van der Waals surface area contributed by atoms with Gasteiger partial charge in [-0.15, -0.1) is 0 Å². The fourth-order valence-corrected chi connectivity index (χ4v) is 4.05. The number of hydrogen-bond acceptors (Lipinski definition) is 6. The first-order valence-electron chi connectivity index (χ1n) is 9.84. The number of nitrogens with zero attached hydrogens (tertiary/aromatic N) is 5. The van der Waals surface area contributed by atoms with Crippen molar-refractivity contribution in [2.24, 2.45) is 0 Å². The van der Waals surface area contributed by atoms with E-state index in [1.807, 2.05) is 18.2 Å². The zero-order valence-corrected chi connectivity index (χ0v) is 16.1. The zero-order chi connectivity index (χ0) is 20.5. The van der Waals surface area contributed by atoms with Gasteiger partial charge < -0.3 is 9.72 Å². The predicted octanol–water partition coefficient (Wildman–Crippen LogP) is 3.83. The van der Waals surface area contributed by atoms with Gasteiger partial charge >= 0.3 is 6.01 Å². The summed E-state index contributed by atoms with van der Waals surface area (Å²) in [6.07, 6.45) is 7.07. The summed E-state index contributed by atoms with van der Waals surface area (Å²) in [5.41, 5.74) is 1.87. The number of benzene rings is 1. The molecule has 148 valence electrons. The molecule has 4 aromatic rings. The van der Waals surface area contributed by atoms with Crippen LogP contribution in [0.15, 0.2) is 53.6 Å². The summed E-state index contributed by atoms with van der Waals surface area (Å²) in [6.45, 7) is 0. The SMILES string of the molecule is N#Cc1c(C2CCCC2)[nH]c2ncc(=O)n(-c3ccnc(Oc4ccccc4)n3)c12. The summed E-state index contributed by atoms with van der Waals surface area (Å²) >= 11 is 0. The van der Waals surface area contributed by atoms with E-state index < -0.39 is 0 Å². The number of fused-ring (bicyclic) bond motifs is 1. The molecule has 5 rings (SSSR count). The maximum absolute atomic E-state index is 12.8. The van der Waals surface area contributed by atoms with Gasteiger partial charge in [-0.2, -0.15) is 10.2 Å². The predicted molar refractivity (Wildman–Crippen MR) is 110 cm³/mol. The summed E-state index contributed by atoms with van der Waals surface area (Å²) in [7, 11) is 0. The van der Waals surface area contributed by atoms with E-state index in [1.165, 1.54) is 17.0 Å². The average Bonchev–Trinajstić information content (AvgIpc) is 3.42. The van der Waals surface area contributed by atoms with Gasteiger partial charge in [0.05, 0.1) is 11.8 Å². The van der Waals surface area contributed by atoms with Crippen molar-refractivity contribution < 1.29 is 4.74 Å². The number of para-hydroxylation sites is 1. The average molecular weight is 398 g/mol. The smallest absolute Gasteiger partial charge is 0.323 e. The minimum atomic E-state index is -0.375. The standard InChI is InChI=1S/C22H18N6O2/c23-12-16-19(14-6-4-5-7-14)27-21-20(16)28(18(29)13-25-21)17-10-11-24-22(26-17)30-15-8-2-1-3-9-15/h1-3,8-11,13-14,27H,4-7H2. The Morgan fingerprint density at radius 2 is 1.93 bits per heavy atom. The highest BCUT2D eigenvalue weighted by Crippen LogP contribution is 2.37. The Hall–Kier alpha value is -3.99. The molecule has 1 saturated carbocycles. The molecule has 1 N–H and O–H groups in total. The van der Waals surface area contributed by atoms with E-state index in [1.54, 1.807) is 18.2 Å². The van der Waals surface area contributed by atoms with Crippen molar-refractivity contribution in [1.82, 2.24) is 24.5 Å². The molecular weight excluding hydrogens is 380 g/mol. The van der Waals surface area contributed by atoms with Crippen LogP contribution in [0.1, 0.15) is 42.9 Å². The fraction of sp³-hybridized carbons (Fsp3) is 0.227. The number of nitrogens with one attached hydrogen (secondary N) is 1. The number of nitriles is 1. The van der Waals surface area contributed by atoms with E-state index in [-0.39, 0.29) is 17.5 Å². The number of ether oxygens (including phenoxy) is 1. The lowest BCUT2D eigenvalue weighted by molar-refractivity contribution is 0.441. The third-order valence-electron chi connectivity index (χ3n) is 5.41. The van der Waals surface area contributed by atoms with Crippen molar-refractivity contribution >= 4 is 11.2 Å². The van der Waals surface area contributed by atoms with Crippen LogP contribution in [0.25, 0.3) is 17.0 Å². The van der Waals surface area contributed by atoms with Crippen molar-refractivity contribution in [3.05, 3.63) is 70.4 Å². The molecule has 1 aliphatic rings. The topological polar surface area (TPSA) is 109 Å². The van der Waals surface area contributed by atoms with E-state index in [4.69, 9.17) is 4.74 Å². The van der Waals surface area contributed by atoms with Crippen LogP contribution in [0.3, 0.4) is 0 Å². The molecule has 1 fully saturated rings. The van der Waals surface area contributed by atoms with Gasteiger partial charge in [-0.05, 0) is 25.0 Å². The molecule has 8 heteroatoms. The summed E-state index contributed by atoms with van der Waals surface area (Å²) < 4.78 is 7.11. The van der Waals surface area contributed by atoms with Gasteiger partial charge in [0.25, 0.3) is 5.56 Å². The lowest BCUT2D eigenvalue weighted by Gasteiger charge is -2.09. The van der Waals surface area contributed by atoms with Crippen LogP contribution >= 0.6 is 0 Å². The molecule has 0 radical (unpaired) electrons. The zero-order valence-electron chi connectivity index (χ0n) is 16.1. The van der Waals surface area contributed by atoms with Crippen LogP contribution in [0, 0.1) is 11.3 Å². The van der Waals surface area contributed by atoms with Gasteiger partial charge in [-0.25, -0.2) is 9.97 Å². The first kappa shape index (κ1) is 18.1. The van der Waals surface area contributed by atoms with Gasteiger partial charge in [0, 0.05) is 23.9 Å². The van der Waals surface area contributed by atoms with Crippen molar-refractivity contribution in [2.45, 2.75) is 31.6 Å². The molecule has 0 spiro atoms. The molecule has 3 heterocycles. The number of aromatic amines is 1. The Morgan fingerprint density at radius 1 is 1.13 bits per heavy atom. The summed E-state index contributed by atoms with van der Waals surface area (Å²) in [6, 6.07) is 13.2. The normalized spacial score (nSPS) is 14.1. The van der Waals surface area contributed by atoms with Gasteiger partial charge in [0.2, 0.25) is 0 Å². The Kier molecular flexibility index (Phi) is 4.48. The molecule has 30 heavy (non-hydrogen) atoms. The van der Waals surface area contributed by atoms with E-state index in [9.17, 15) is 10.1 Å². The Bertz CT molecular complexity index is 1310. The second-order valence-electron chi connectivity index (χ2n) is 7.25. The Morgan fingerprint density at radius 3 is 2.70 bits per heavy atom. The van der Waals surface area contributed by atoms with E-state index in [0.717, 1.165) is 31.4 Å². The van der Waals surface area contributed by atoms with Crippen LogP contribution < -0.4 is 10.3 Å². The van der Waals surface area contributed by atoms with Crippen molar-refractivity contribution in [3.63, 3.8) is 0 Å². The van der Waals surface area contributed by atoms with Gasteiger partial charge in [-0.1, -0.05) is 31.0 Å². The van der Waals surface area contributed by atoms with Crippen LogP contribution in [0.2, 0.25) is 0 Å². The molecule has 0 aliphatic heterocycles. The van der Waals surface area contributed by atoms with Gasteiger partial charge in [0.1, 0.15) is 23.2 Å². The Labute approximate surface area is 171 Å². The first-order chi connectivity index (χ1) is 14.7. The maximum Gasteiger partial charge on any atom is 0.323 e.